The van der Waals surface area contributed by atoms with E-state index in [1.165, 1.54) is 14.0 Å². The molecule has 2 rings (SSSR count). The molecule has 0 saturated carbocycles. The van der Waals surface area contributed by atoms with E-state index in [0.29, 0.717) is 48.0 Å². The minimum absolute atomic E-state index is 0.0526. The molecule has 1 aliphatic heterocycles. The van der Waals surface area contributed by atoms with Crippen LogP contribution in [0.25, 0.3) is 0 Å². The second-order valence-electron chi connectivity index (χ2n) is 9.45. The molecule has 0 aromatic heterocycles. The van der Waals surface area contributed by atoms with Crippen molar-refractivity contribution in [3.05, 3.63) is 33.8 Å². The number of halogens is 2. The Hall–Kier alpha value is -1.42. The van der Waals surface area contributed by atoms with Crippen molar-refractivity contribution >= 4 is 35.0 Å². The second kappa shape index (κ2) is 14.4. The summed E-state index contributed by atoms with van der Waals surface area (Å²) in [4.78, 5) is 29.7. The van der Waals surface area contributed by atoms with E-state index in [2.05, 4.69) is 13.8 Å². The highest BCUT2D eigenvalue weighted by atomic mass is 35.5. The van der Waals surface area contributed by atoms with Gasteiger partial charge < -0.3 is 29.5 Å². The van der Waals surface area contributed by atoms with Gasteiger partial charge in [0.1, 0.15) is 18.3 Å². The number of hydrogen-bond acceptors (Lipinski definition) is 6. The summed E-state index contributed by atoms with van der Waals surface area (Å²) in [7, 11) is 1.43. The zero-order valence-corrected chi connectivity index (χ0v) is 22.5. The predicted molar refractivity (Wildman–Crippen MR) is 136 cm³/mol. The summed E-state index contributed by atoms with van der Waals surface area (Å²) in [6, 6.07) is 4.53. The monoisotopic (exact) mass is 532 g/mol. The number of aliphatic hydroxyl groups excluding tert-OH is 2. The Balaban J connectivity index is 2.43. The van der Waals surface area contributed by atoms with E-state index in [1.807, 2.05) is 0 Å². The summed E-state index contributed by atoms with van der Waals surface area (Å²) in [6.45, 7) is 6.69. The van der Waals surface area contributed by atoms with Crippen LogP contribution in [-0.2, 0) is 14.3 Å². The number of rotatable bonds is 4. The molecule has 0 bridgehead atoms. The van der Waals surface area contributed by atoms with E-state index >= 15 is 0 Å². The third kappa shape index (κ3) is 8.88. The molecule has 35 heavy (non-hydrogen) atoms. The first-order valence-corrected chi connectivity index (χ1v) is 12.8. The van der Waals surface area contributed by atoms with Gasteiger partial charge >= 0.3 is 0 Å². The number of hydrogen-bond donors (Lipinski definition) is 2. The molecule has 1 fully saturated rings. The fourth-order valence-electron chi connectivity index (χ4n) is 4.25. The molecule has 8 nitrogen and oxygen atoms in total. The lowest BCUT2D eigenvalue weighted by atomic mass is 9.99. The summed E-state index contributed by atoms with van der Waals surface area (Å²) in [6.07, 6.45) is -1.21. The number of methoxy groups -OCH3 is 1. The molecule has 0 radical (unpaired) electrons. The Kier molecular flexibility index (Phi) is 12.2. The topological polar surface area (TPSA) is 99.5 Å². The third-order valence-corrected chi connectivity index (χ3v) is 6.93. The SMILES string of the molecule is CO[C@@H]1CN(C(C)=O)C[C@@H](CC(C)C)N(C(=O)c2ccc(Cl)c(Cl)c2)CCCCOC[C@@H](O)[C@H]1O. The summed E-state index contributed by atoms with van der Waals surface area (Å²) < 4.78 is 11.0. The molecular weight excluding hydrogens is 495 g/mol. The second-order valence-corrected chi connectivity index (χ2v) is 10.3. The van der Waals surface area contributed by atoms with Crippen LogP contribution in [0.3, 0.4) is 0 Å². The Morgan fingerprint density at radius 1 is 1.17 bits per heavy atom. The quantitative estimate of drug-likeness (QED) is 0.617. The molecule has 1 heterocycles. The molecule has 2 amide bonds. The van der Waals surface area contributed by atoms with Crippen molar-refractivity contribution in [3.63, 3.8) is 0 Å². The van der Waals surface area contributed by atoms with Gasteiger partial charge in [-0.3, -0.25) is 9.59 Å². The fraction of sp³-hybridized carbons (Fsp3) is 0.680. The van der Waals surface area contributed by atoms with Gasteiger partial charge in [0.2, 0.25) is 5.91 Å². The van der Waals surface area contributed by atoms with Crippen molar-refractivity contribution in [1.82, 2.24) is 9.80 Å². The van der Waals surface area contributed by atoms with Crippen molar-refractivity contribution in [2.45, 2.75) is 64.4 Å². The molecule has 1 aromatic rings. The number of nitrogens with zero attached hydrogens (tertiary/aromatic N) is 2. The van der Waals surface area contributed by atoms with Crippen molar-refractivity contribution in [1.29, 1.82) is 0 Å². The maximum atomic E-state index is 13.7. The number of carbonyl (C=O) groups is 2. The first-order chi connectivity index (χ1) is 16.5. The van der Waals surface area contributed by atoms with Gasteiger partial charge in [-0.25, -0.2) is 0 Å². The Bertz CT molecular complexity index is 840. The molecule has 10 heteroatoms. The maximum absolute atomic E-state index is 13.7. The van der Waals surface area contributed by atoms with Crippen molar-refractivity contribution in [3.8, 4) is 0 Å². The van der Waals surface area contributed by atoms with E-state index in [4.69, 9.17) is 32.7 Å². The van der Waals surface area contributed by atoms with Crippen LogP contribution >= 0.6 is 23.2 Å². The number of ether oxygens (including phenoxy) is 2. The van der Waals surface area contributed by atoms with Gasteiger partial charge in [0.25, 0.3) is 5.91 Å². The molecule has 0 spiro atoms. The first kappa shape index (κ1) is 29.8. The molecule has 0 aliphatic carbocycles. The Labute approximate surface area is 218 Å². The van der Waals surface area contributed by atoms with Crippen LogP contribution in [0.15, 0.2) is 18.2 Å². The largest absolute Gasteiger partial charge is 0.388 e. The van der Waals surface area contributed by atoms with E-state index in [-0.39, 0.29) is 43.5 Å². The van der Waals surface area contributed by atoms with Gasteiger partial charge in [0.05, 0.1) is 16.7 Å². The van der Waals surface area contributed by atoms with Crippen LogP contribution in [0, 0.1) is 5.92 Å². The normalized spacial score (nSPS) is 25.4. The maximum Gasteiger partial charge on any atom is 0.254 e. The van der Waals surface area contributed by atoms with Crippen molar-refractivity contribution in [2.24, 2.45) is 5.92 Å². The average molecular weight is 533 g/mol. The summed E-state index contributed by atoms with van der Waals surface area (Å²) in [5, 5.41) is 21.6. The number of carbonyl (C=O) groups excluding carboxylic acids is 2. The van der Waals surface area contributed by atoms with E-state index in [0.717, 1.165) is 0 Å². The van der Waals surface area contributed by atoms with Crippen molar-refractivity contribution in [2.75, 3.05) is 40.0 Å². The molecular formula is C25H38Cl2N2O6. The standard InChI is InChI=1S/C25H38Cl2N2O6/c1-16(2)11-19-13-28(17(3)30)14-23(34-4)24(32)22(31)15-35-10-6-5-9-29(19)25(33)18-7-8-20(26)21(27)12-18/h7-8,12,16,19,22-24,31-32H,5-6,9-11,13-15H2,1-4H3/t19-,22-,23-,24-/m1/s1. The lowest BCUT2D eigenvalue weighted by Crippen LogP contribution is -2.53. The summed E-state index contributed by atoms with van der Waals surface area (Å²) in [5.74, 6) is -0.150. The lowest BCUT2D eigenvalue weighted by molar-refractivity contribution is -0.137. The summed E-state index contributed by atoms with van der Waals surface area (Å²) >= 11 is 12.2. The highest BCUT2D eigenvalue weighted by Gasteiger charge is 2.33. The fourth-order valence-corrected chi connectivity index (χ4v) is 4.55. The van der Waals surface area contributed by atoms with Crippen LogP contribution in [0.1, 0.15) is 50.4 Å². The van der Waals surface area contributed by atoms with Crippen molar-refractivity contribution < 1.29 is 29.3 Å². The van der Waals surface area contributed by atoms with Gasteiger partial charge in [0, 0.05) is 51.9 Å². The lowest BCUT2D eigenvalue weighted by Gasteiger charge is -2.38. The highest BCUT2D eigenvalue weighted by molar-refractivity contribution is 6.42. The van der Waals surface area contributed by atoms with E-state index in [1.54, 1.807) is 28.0 Å². The van der Waals surface area contributed by atoms with Gasteiger partial charge in [-0.05, 0) is 43.4 Å². The van der Waals surface area contributed by atoms with Crippen LogP contribution < -0.4 is 0 Å². The smallest absolute Gasteiger partial charge is 0.254 e. The Morgan fingerprint density at radius 3 is 2.49 bits per heavy atom. The van der Waals surface area contributed by atoms with Gasteiger partial charge in [-0.1, -0.05) is 37.0 Å². The molecule has 2 N–H and O–H groups in total. The molecule has 1 aliphatic rings. The zero-order valence-electron chi connectivity index (χ0n) is 21.0. The average Bonchev–Trinajstić information content (AvgIpc) is 2.80. The predicted octanol–water partition coefficient (Wildman–Crippen LogP) is 3.25. The van der Waals surface area contributed by atoms with Gasteiger partial charge in [0.15, 0.2) is 0 Å². The highest BCUT2D eigenvalue weighted by Crippen LogP contribution is 2.25. The minimum Gasteiger partial charge on any atom is -0.388 e. The van der Waals surface area contributed by atoms with E-state index in [9.17, 15) is 19.8 Å². The van der Waals surface area contributed by atoms with Gasteiger partial charge in [-0.15, -0.1) is 0 Å². The third-order valence-electron chi connectivity index (χ3n) is 6.19. The van der Waals surface area contributed by atoms with Gasteiger partial charge in [-0.2, -0.15) is 0 Å². The Morgan fingerprint density at radius 2 is 1.89 bits per heavy atom. The zero-order chi connectivity index (χ0) is 26.1. The van der Waals surface area contributed by atoms with E-state index < -0.39 is 18.3 Å². The number of amides is 2. The molecule has 4 atom stereocenters. The molecule has 1 aromatic carbocycles. The summed E-state index contributed by atoms with van der Waals surface area (Å²) in [5.41, 5.74) is 0.424. The minimum atomic E-state index is -1.23. The first-order valence-electron chi connectivity index (χ1n) is 12.0. The van der Waals surface area contributed by atoms with Crippen LogP contribution in [0.4, 0.5) is 0 Å². The van der Waals surface area contributed by atoms with Crippen LogP contribution in [0.5, 0.6) is 0 Å². The number of benzene rings is 1. The molecule has 198 valence electrons. The van der Waals surface area contributed by atoms with Crippen LogP contribution in [0.2, 0.25) is 10.0 Å². The number of aliphatic hydroxyl groups is 2. The molecule has 1 saturated heterocycles. The molecule has 0 unspecified atom stereocenters. The van der Waals surface area contributed by atoms with Crippen LogP contribution in [-0.4, -0.2) is 96.1 Å².